The van der Waals surface area contributed by atoms with E-state index in [0.29, 0.717) is 24.5 Å². The molecular formula is C18H18O6. The molecule has 0 saturated carbocycles. The SMILES string of the molecule is CC(CCOc1ccc(C(=O)O)cc1)Oc1ccc(C(=O)O)cc1. The fourth-order valence-corrected chi connectivity index (χ4v) is 2.00. The molecule has 0 aliphatic heterocycles. The van der Waals surface area contributed by atoms with Crippen LogP contribution in [0.5, 0.6) is 11.5 Å². The number of hydrogen-bond donors (Lipinski definition) is 2. The molecule has 0 saturated heterocycles. The first-order valence-corrected chi connectivity index (χ1v) is 7.42. The lowest BCUT2D eigenvalue weighted by Gasteiger charge is -2.15. The molecule has 0 amide bonds. The summed E-state index contributed by atoms with van der Waals surface area (Å²) in [5.74, 6) is -0.759. The summed E-state index contributed by atoms with van der Waals surface area (Å²) in [6.45, 7) is 2.31. The van der Waals surface area contributed by atoms with Crippen LogP contribution in [0.4, 0.5) is 0 Å². The summed E-state index contributed by atoms with van der Waals surface area (Å²) in [7, 11) is 0. The Hall–Kier alpha value is -3.02. The minimum absolute atomic E-state index is 0.112. The first kappa shape index (κ1) is 17.3. The highest BCUT2D eigenvalue weighted by Crippen LogP contribution is 2.16. The molecule has 2 aromatic carbocycles. The van der Waals surface area contributed by atoms with Gasteiger partial charge in [-0.1, -0.05) is 0 Å². The van der Waals surface area contributed by atoms with Crippen LogP contribution in [0.3, 0.4) is 0 Å². The Labute approximate surface area is 139 Å². The number of carboxylic acids is 2. The molecule has 0 aliphatic rings. The van der Waals surface area contributed by atoms with E-state index in [1.54, 1.807) is 24.3 Å². The van der Waals surface area contributed by atoms with Crippen molar-refractivity contribution in [1.29, 1.82) is 0 Å². The summed E-state index contributed by atoms with van der Waals surface area (Å²) in [6.07, 6.45) is 0.514. The molecule has 0 fully saturated rings. The molecule has 0 spiro atoms. The maximum absolute atomic E-state index is 10.8. The summed E-state index contributed by atoms with van der Waals surface area (Å²) in [6, 6.07) is 12.4. The molecule has 126 valence electrons. The summed E-state index contributed by atoms with van der Waals surface area (Å²) in [4.78, 5) is 21.5. The molecule has 1 unspecified atom stereocenters. The van der Waals surface area contributed by atoms with Crippen molar-refractivity contribution in [2.75, 3.05) is 6.61 Å². The van der Waals surface area contributed by atoms with Gasteiger partial charge in [0.2, 0.25) is 0 Å². The zero-order chi connectivity index (χ0) is 17.5. The molecule has 1 atom stereocenters. The molecule has 2 aromatic rings. The lowest BCUT2D eigenvalue weighted by Crippen LogP contribution is -2.16. The lowest BCUT2D eigenvalue weighted by atomic mass is 10.2. The van der Waals surface area contributed by atoms with Crippen LogP contribution in [0.2, 0.25) is 0 Å². The summed E-state index contributed by atoms with van der Waals surface area (Å²) in [5, 5.41) is 17.7. The Balaban J connectivity index is 1.77. The van der Waals surface area contributed by atoms with Crippen LogP contribution in [0.25, 0.3) is 0 Å². The van der Waals surface area contributed by atoms with Crippen molar-refractivity contribution in [3.8, 4) is 11.5 Å². The van der Waals surface area contributed by atoms with Crippen molar-refractivity contribution in [3.63, 3.8) is 0 Å². The van der Waals surface area contributed by atoms with Gasteiger partial charge in [0.05, 0.1) is 23.8 Å². The maximum Gasteiger partial charge on any atom is 0.335 e. The predicted molar refractivity (Wildman–Crippen MR) is 87.0 cm³/mol. The minimum atomic E-state index is -0.975. The van der Waals surface area contributed by atoms with E-state index in [9.17, 15) is 9.59 Å². The van der Waals surface area contributed by atoms with E-state index < -0.39 is 11.9 Å². The number of hydrogen-bond acceptors (Lipinski definition) is 4. The molecule has 0 radical (unpaired) electrons. The van der Waals surface area contributed by atoms with E-state index in [1.807, 2.05) is 6.92 Å². The van der Waals surface area contributed by atoms with Crippen LogP contribution < -0.4 is 9.47 Å². The van der Waals surface area contributed by atoms with Gasteiger partial charge in [0.15, 0.2) is 0 Å². The van der Waals surface area contributed by atoms with E-state index in [4.69, 9.17) is 19.7 Å². The Morgan fingerprint density at radius 3 is 1.79 bits per heavy atom. The molecule has 0 bridgehead atoms. The summed E-state index contributed by atoms with van der Waals surface area (Å²) < 4.78 is 11.2. The Morgan fingerprint density at radius 2 is 1.33 bits per heavy atom. The van der Waals surface area contributed by atoms with Gasteiger partial charge in [-0.05, 0) is 55.5 Å². The largest absolute Gasteiger partial charge is 0.493 e. The Kier molecular flexibility index (Phi) is 5.78. The smallest absolute Gasteiger partial charge is 0.335 e. The fourth-order valence-electron chi connectivity index (χ4n) is 2.00. The number of ether oxygens (including phenoxy) is 2. The molecule has 6 heteroatoms. The molecule has 0 aromatic heterocycles. The molecule has 6 nitrogen and oxygen atoms in total. The Bertz CT molecular complexity index is 690. The van der Waals surface area contributed by atoms with E-state index >= 15 is 0 Å². The number of rotatable bonds is 8. The minimum Gasteiger partial charge on any atom is -0.493 e. The van der Waals surface area contributed by atoms with Crippen LogP contribution in [-0.2, 0) is 0 Å². The van der Waals surface area contributed by atoms with Crippen molar-refractivity contribution >= 4 is 11.9 Å². The van der Waals surface area contributed by atoms with E-state index in [1.165, 1.54) is 24.3 Å². The number of benzene rings is 2. The topological polar surface area (TPSA) is 93.1 Å². The van der Waals surface area contributed by atoms with Crippen LogP contribution in [0, 0.1) is 0 Å². The molecule has 24 heavy (non-hydrogen) atoms. The molecule has 2 rings (SSSR count). The zero-order valence-electron chi connectivity index (χ0n) is 13.1. The molecule has 0 heterocycles. The Morgan fingerprint density at radius 1 is 0.875 bits per heavy atom. The van der Waals surface area contributed by atoms with Crippen LogP contribution >= 0.6 is 0 Å². The van der Waals surface area contributed by atoms with Gasteiger partial charge in [-0.25, -0.2) is 9.59 Å². The van der Waals surface area contributed by atoms with Crippen molar-refractivity contribution in [2.24, 2.45) is 0 Å². The number of carboxylic acid groups (broad SMARTS) is 2. The lowest BCUT2D eigenvalue weighted by molar-refractivity contribution is 0.0686. The second-order valence-corrected chi connectivity index (χ2v) is 5.22. The van der Waals surface area contributed by atoms with Gasteiger partial charge in [-0.2, -0.15) is 0 Å². The zero-order valence-corrected chi connectivity index (χ0v) is 13.1. The van der Waals surface area contributed by atoms with E-state index in [-0.39, 0.29) is 17.2 Å². The van der Waals surface area contributed by atoms with Crippen LogP contribution in [0.15, 0.2) is 48.5 Å². The highest BCUT2D eigenvalue weighted by atomic mass is 16.5. The highest BCUT2D eigenvalue weighted by Gasteiger charge is 2.07. The van der Waals surface area contributed by atoms with Crippen molar-refractivity contribution in [1.82, 2.24) is 0 Å². The van der Waals surface area contributed by atoms with Crippen LogP contribution in [-0.4, -0.2) is 34.9 Å². The first-order valence-electron chi connectivity index (χ1n) is 7.42. The van der Waals surface area contributed by atoms with E-state index in [2.05, 4.69) is 0 Å². The quantitative estimate of drug-likeness (QED) is 0.771. The highest BCUT2D eigenvalue weighted by molar-refractivity contribution is 5.88. The third kappa shape index (κ3) is 5.01. The molecule has 2 N–H and O–H groups in total. The average Bonchev–Trinajstić information content (AvgIpc) is 2.55. The van der Waals surface area contributed by atoms with Gasteiger partial charge in [-0.3, -0.25) is 0 Å². The number of aromatic carboxylic acids is 2. The third-order valence-corrected chi connectivity index (χ3v) is 3.33. The van der Waals surface area contributed by atoms with Gasteiger partial charge < -0.3 is 19.7 Å². The average molecular weight is 330 g/mol. The van der Waals surface area contributed by atoms with Crippen molar-refractivity contribution in [2.45, 2.75) is 19.4 Å². The summed E-state index contributed by atoms with van der Waals surface area (Å²) >= 11 is 0. The van der Waals surface area contributed by atoms with Crippen molar-refractivity contribution < 1.29 is 29.3 Å². The predicted octanol–water partition coefficient (Wildman–Crippen LogP) is 3.32. The summed E-state index contributed by atoms with van der Waals surface area (Å²) in [5.41, 5.74) is 0.423. The third-order valence-electron chi connectivity index (χ3n) is 3.33. The van der Waals surface area contributed by atoms with Gasteiger partial charge in [0.1, 0.15) is 11.5 Å². The second kappa shape index (κ2) is 8.01. The maximum atomic E-state index is 10.8. The molecule has 0 aliphatic carbocycles. The normalized spacial score (nSPS) is 11.5. The van der Waals surface area contributed by atoms with Crippen molar-refractivity contribution in [3.05, 3.63) is 59.7 Å². The van der Waals surface area contributed by atoms with E-state index in [0.717, 1.165) is 0 Å². The number of carbonyl (C=O) groups is 2. The van der Waals surface area contributed by atoms with Gasteiger partial charge in [0.25, 0.3) is 0 Å². The monoisotopic (exact) mass is 330 g/mol. The second-order valence-electron chi connectivity index (χ2n) is 5.22. The van der Waals surface area contributed by atoms with Gasteiger partial charge in [-0.15, -0.1) is 0 Å². The first-order chi connectivity index (χ1) is 11.5. The van der Waals surface area contributed by atoms with Crippen LogP contribution in [0.1, 0.15) is 34.1 Å². The standard InChI is InChI=1S/C18H18O6/c1-12(24-16-8-4-14(5-9-16)18(21)22)10-11-23-15-6-2-13(3-7-15)17(19)20/h2-9,12H,10-11H2,1H3,(H,19,20)(H,21,22). The molecular weight excluding hydrogens is 312 g/mol. The van der Waals surface area contributed by atoms with Gasteiger partial charge >= 0.3 is 11.9 Å². The van der Waals surface area contributed by atoms with Gasteiger partial charge in [0, 0.05) is 6.42 Å². The fraction of sp³-hybridized carbons (Fsp3) is 0.222.